The van der Waals surface area contributed by atoms with Crippen molar-refractivity contribution in [1.82, 2.24) is 10.2 Å². The van der Waals surface area contributed by atoms with Crippen molar-refractivity contribution in [3.8, 4) is 0 Å². The Morgan fingerprint density at radius 1 is 1.14 bits per heavy atom. The van der Waals surface area contributed by atoms with Crippen LogP contribution >= 0.6 is 0 Å². The lowest BCUT2D eigenvalue weighted by Crippen LogP contribution is -2.40. The van der Waals surface area contributed by atoms with Crippen LogP contribution in [-0.4, -0.2) is 47.3 Å². The highest BCUT2D eigenvalue weighted by Crippen LogP contribution is 2.31. The summed E-state index contributed by atoms with van der Waals surface area (Å²) >= 11 is 0. The lowest BCUT2D eigenvalue weighted by Gasteiger charge is -2.29. The van der Waals surface area contributed by atoms with Gasteiger partial charge in [0.2, 0.25) is 0 Å². The Morgan fingerprint density at radius 3 is 2.52 bits per heavy atom. The molecule has 3 rings (SSSR count). The first-order valence-corrected chi connectivity index (χ1v) is 10.4. The van der Waals surface area contributed by atoms with Crippen molar-refractivity contribution in [1.29, 1.82) is 0 Å². The lowest BCUT2D eigenvalue weighted by molar-refractivity contribution is -0.124. The van der Waals surface area contributed by atoms with Crippen LogP contribution in [0, 0.1) is 0 Å². The van der Waals surface area contributed by atoms with E-state index in [4.69, 9.17) is 4.74 Å². The predicted molar refractivity (Wildman–Crippen MR) is 107 cm³/mol. The van der Waals surface area contributed by atoms with E-state index in [0.29, 0.717) is 5.56 Å². The zero-order chi connectivity index (χ0) is 21.0. The molecule has 7 heteroatoms. The number of carbonyl (C=O) groups excluding carboxylic acids is 4. The van der Waals surface area contributed by atoms with Crippen LogP contribution in [0.2, 0.25) is 0 Å². The minimum absolute atomic E-state index is 0.0144. The van der Waals surface area contributed by atoms with E-state index in [0.717, 1.165) is 44.9 Å². The first-order valence-electron chi connectivity index (χ1n) is 10.4. The number of esters is 1. The summed E-state index contributed by atoms with van der Waals surface area (Å²) in [6.07, 6.45) is 6.58. The van der Waals surface area contributed by atoms with Gasteiger partial charge in [-0.25, -0.2) is 4.79 Å². The Kier molecular flexibility index (Phi) is 6.67. The van der Waals surface area contributed by atoms with Gasteiger partial charge in [-0.1, -0.05) is 32.6 Å². The van der Waals surface area contributed by atoms with Crippen LogP contribution in [0.25, 0.3) is 0 Å². The summed E-state index contributed by atoms with van der Waals surface area (Å²) in [5, 5.41) is 2.76. The fourth-order valence-corrected chi connectivity index (χ4v) is 4.09. The molecule has 0 saturated heterocycles. The number of hydrogen-bond donors (Lipinski definition) is 1. The Labute approximate surface area is 170 Å². The van der Waals surface area contributed by atoms with Crippen molar-refractivity contribution in [2.75, 3.05) is 6.61 Å². The van der Waals surface area contributed by atoms with E-state index in [1.165, 1.54) is 23.1 Å². The largest absolute Gasteiger partial charge is 0.452 e. The molecule has 0 unspecified atom stereocenters. The number of fused-ring (bicyclic) bond motifs is 1. The second kappa shape index (κ2) is 9.20. The zero-order valence-electron chi connectivity index (χ0n) is 17.0. The first-order chi connectivity index (χ1) is 13.9. The maximum absolute atomic E-state index is 12.8. The third kappa shape index (κ3) is 4.66. The highest BCUT2D eigenvalue weighted by molar-refractivity contribution is 6.22. The average molecular weight is 400 g/mol. The van der Waals surface area contributed by atoms with Gasteiger partial charge in [0.15, 0.2) is 6.61 Å². The van der Waals surface area contributed by atoms with Crippen LogP contribution in [0.1, 0.15) is 89.9 Å². The molecular weight excluding hydrogens is 372 g/mol. The highest BCUT2D eigenvalue weighted by atomic mass is 16.5. The van der Waals surface area contributed by atoms with Crippen LogP contribution in [0.4, 0.5) is 0 Å². The molecule has 2 aliphatic rings. The molecule has 1 atom stereocenters. The number of carbonyl (C=O) groups is 4. The van der Waals surface area contributed by atoms with Crippen molar-refractivity contribution < 1.29 is 23.9 Å². The van der Waals surface area contributed by atoms with E-state index in [1.54, 1.807) is 0 Å². The second-order valence-electron chi connectivity index (χ2n) is 7.87. The molecule has 156 valence electrons. The van der Waals surface area contributed by atoms with Gasteiger partial charge >= 0.3 is 5.97 Å². The van der Waals surface area contributed by atoms with E-state index >= 15 is 0 Å². The summed E-state index contributed by atoms with van der Waals surface area (Å²) in [4.78, 5) is 51.1. The third-order valence-electron chi connectivity index (χ3n) is 5.56. The Morgan fingerprint density at radius 2 is 1.83 bits per heavy atom. The van der Waals surface area contributed by atoms with Gasteiger partial charge in [-0.05, 0) is 44.4 Å². The maximum Gasteiger partial charge on any atom is 0.338 e. The minimum Gasteiger partial charge on any atom is -0.452 e. The number of rotatable bonds is 7. The summed E-state index contributed by atoms with van der Waals surface area (Å²) in [6.45, 7) is 3.54. The topological polar surface area (TPSA) is 92.8 Å². The van der Waals surface area contributed by atoms with Crippen molar-refractivity contribution in [2.24, 2.45) is 0 Å². The van der Waals surface area contributed by atoms with Crippen molar-refractivity contribution in [2.45, 2.75) is 70.9 Å². The van der Waals surface area contributed by atoms with Gasteiger partial charge in [-0.3, -0.25) is 19.3 Å². The predicted octanol–water partition coefficient (Wildman–Crippen LogP) is 3.08. The molecule has 1 aromatic rings. The SMILES string of the molecule is CCC[C@@H](C)NC(=O)COC(=O)c1ccc2c(c1)C(=O)N(C1CCCCC1)C2=O. The monoisotopic (exact) mass is 400 g/mol. The standard InChI is InChI=1S/C22H28N2O5/c1-3-7-14(2)23-19(25)13-29-22(28)15-10-11-17-18(12-15)21(27)24(20(17)26)16-8-5-4-6-9-16/h10-12,14,16H,3-9,13H2,1-2H3,(H,23,25)/t14-/m1/s1. The smallest absolute Gasteiger partial charge is 0.338 e. The van der Waals surface area contributed by atoms with Gasteiger partial charge in [0, 0.05) is 12.1 Å². The summed E-state index contributed by atoms with van der Waals surface area (Å²) < 4.78 is 5.07. The fourth-order valence-electron chi connectivity index (χ4n) is 4.09. The van der Waals surface area contributed by atoms with E-state index < -0.39 is 5.97 Å². The van der Waals surface area contributed by atoms with Gasteiger partial charge in [0.1, 0.15) is 0 Å². The molecule has 29 heavy (non-hydrogen) atoms. The molecule has 0 radical (unpaired) electrons. The number of nitrogens with one attached hydrogen (secondary N) is 1. The van der Waals surface area contributed by atoms with Gasteiger partial charge in [-0.2, -0.15) is 0 Å². The quantitative estimate of drug-likeness (QED) is 0.561. The van der Waals surface area contributed by atoms with Gasteiger partial charge in [0.25, 0.3) is 17.7 Å². The van der Waals surface area contributed by atoms with E-state index in [2.05, 4.69) is 5.32 Å². The number of nitrogens with zero attached hydrogens (tertiary/aromatic N) is 1. The number of hydrogen-bond acceptors (Lipinski definition) is 5. The molecule has 0 bridgehead atoms. The van der Waals surface area contributed by atoms with Gasteiger partial charge in [-0.15, -0.1) is 0 Å². The van der Waals surface area contributed by atoms with Crippen LogP contribution in [0.3, 0.4) is 0 Å². The van der Waals surface area contributed by atoms with Crippen LogP contribution in [0.5, 0.6) is 0 Å². The molecular formula is C22H28N2O5. The minimum atomic E-state index is -0.692. The molecule has 1 aromatic carbocycles. The summed E-state index contributed by atoms with van der Waals surface area (Å²) in [7, 11) is 0. The van der Waals surface area contributed by atoms with E-state index in [1.807, 2.05) is 13.8 Å². The van der Waals surface area contributed by atoms with Crippen LogP contribution < -0.4 is 5.32 Å². The second-order valence-corrected chi connectivity index (χ2v) is 7.87. The molecule has 1 heterocycles. The number of benzene rings is 1. The Balaban J connectivity index is 1.64. The molecule has 1 aliphatic carbocycles. The number of ether oxygens (including phenoxy) is 1. The molecule has 0 spiro atoms. The summed E-state index contributed by atoms with van der Waals surface area (Å²) in [5.41, 5.74) is 0.712. The average Bonchev–Trinajstić information content (AvgIpc) is 2.96. The number of amides is 3. The van der Waals surface area contributed by atoms with Gasteiger partial charge in [0.05, 0.1) is 16.7 Å². The molecule has 1 saturated carbocycles. The summed E-state index contributed by atoms with van der Waals surface area (Å²) in [6, 6.07) is 4.31. The zero-order valence-corrected chi connectivity index (χ0v) is 17.0. The molecule has 7 nitrogen and oxygen atoms in total. The molecule has 0 aromatic heterocycles. The molecule has 1 N–H and O–H groups in total. The van der Waals surface area contributed by atoms with Crippen LogP contribution in [-0.2, 0) is 9.53 Å². The van der Waals surface area contributed by atoms with Gasteiger partial charge < -0.3 is 10.1 Å². The number of imide groups is 1. The van der Waals surface area contributed by atoms with Crippen molar-refractivity contribution >= 4 is 23.7 Å². The van der Waals surface area contributed by atoms with E-state index in [-0.39, 0.29) is 47.5 Å². The van der Waals surface area contributed by atoms with Crippen molar-refractivity contribution in [3.05, 3.63) is 34.9 Å². The van der Waals surface area contributed by atoms with Crippen molar-refractivity contribution in [3.63, 3.8) is 0 Å². The Hall–Kier alpha value is -2.70. The molecule has 1 fully saturated rings. The summed E-state index contributed by atoms with van der Waals surface area (Å²) in [5.74, 6) is -1.70. The molecule has 1 aliphatic heterocycles. The van der Waals surface area contributed by atoms with Crippen LogP contribution in [0.15, 0.2) is 18.2 Å². The highest BCUT2D eigenvalue weighted by Gasteiger charge is 2.40. The maximum atomic E-state index is 12.8. The Bertz CT molecular complexity index is 813. The third-order valence-corrected chi connectivity index (χ3v) is 5.56. The first kappa shape index (κ1) is 21.0. The lowest BCUT2D eigenvalue weighted by atomic mass is 9.94. The van der Waals surface area contributed by atoms with E-state index in [9.17, 15) is 19.2 Å². The normalized spacial score (nSPS) is 17.8. The molecule has 3 amide bonds. The fraction of sp³-hybridized carbons (Fsp3) is 0.545.